The molecule has 1 aromatic carbocycles. The van der Waals surface area contributed by atoms with E-state index in [1.54, 1.807) is 6.92 Å². The summed E-state index contributed by atoms with van der Waals surface area (Å²) >= 11 is 0. The fourth-order valence-electron chi connectivity index (χ4n) is 1.47. The number of benzene rings is 1. The summed E-state index contributed by atoms with van der Waals surface area (Å²) < 4.78 is 10.4. The zero-order chi connectivity index (χ0) is 11.8. The summed E-state index contributed by atoms with van der Waals surface area (Å²) in [6.07, 6.45) is 0.0698. The molecule has 0 fully saturated rings. The van der Waals surface area contributed by atoms with Gasteiger partial charge in [-0.25, -0.2) is 4.79 Å². The minimum Gasteiger partial charge on any atom is -0.464 e. The Hall–Kier alpha value is -1.35. The van der Waals surface area contributed by atoms with Crippen molar-refractivity contribution in [3.8, 4) is 0 Å². The van der Waals surface area contributed by atoms with E-state index in [4.69, 9.17) is 9.47 Å². The third-order valence-corrected chi connectivity index (χ3v) is 2.18. The van der Waals surface area contributed by atoms with Crippen LogP contribution in [0.25, 0.3) is 0 Å². The lowest BCUT2D eigenvalue weighted by Crippen LogP contribution is -2.28. The van der Waals surface area contributed by atoms with Crippen LogP contribution >= 0.6 is 0 Å². The van der Waals surface area contributed by atoms with E-state index in [2.05, 4.69) is 0 Å². The number of carbonyl (C=O) groups is 1. The van der Waals surface area contributed by atoms with Crippen LogP contribution in [0.4, 0.5) is 0 Å². The molecule has 0 saturated heterocycles. The Morgan fingerprint density at radius 2 is 1.88 bits per heavy atom. The topological polar surface area (TPSA) is 35.5 Å². The molecule has 3 heteroatoms. The Kier molecular flexibility index (Phi) is 5.57. The second kappa shape index (κ2) is 7.01. The zero-order valence-corrected chi connectivity index (χ0v) is 9.81. The average molecular weight is 222 g/mol. The van der Waals surface area contributed by atoms with Gasteiger partial charge in [-0.05, 0) is 19.4 Å². The third-order valence-electron chi connectivity index (χ3n) is 2.18. The molecule has 0 aliphatic rings. The summed E-state index contributed by atoms with van der Waals surface area (Å²) in [5.41, 5.74) is 1.08. The van der Waals surface area contributed by atoms with Crippen LogP contribution in [0.2, 0.25) is 0 Å². The molecule has 3 nitrogen and oxygen atoms in total. The maximum Gasteiger partial charge on any atom is 0.335 e. The fourth-order valence-corrected chi connectivity index (χ4v) is 1.47. The molecule has 0 aromatic heterocycles. The summed E-state index contributed by atoms with van der Waals surface area (Å²) in [5, 5.41) is 0. The summed E-state index contributed by atoms with van der Waals surface area (Å²) in [6, 6.07) is 9.80. The minimum absolute atomic E-state index is 0.284. The lowest BCUT2D eigenvalue weighted by molar-refractivity contribution is -0.156. The van der Waals surface area contributed by atoms with E-state index in [-0.39, 0.29) is 5.97 Å². The standard InChI is InChI=1S/C13H18O3/c1-3-15-12(13(14)16-4-2)10-11-8-6-5-7-9-11/h5-9,12H,3-4,10H2,1-2H3/t12-/m0/s1. The highest BCUT2D eigenvalue weighted by Gasteiger charge is 2.20. The zero-order valence-electron chi connectivity index (χ0n) is 9.81. The van der Waals surface area contributed by atoms with Gasteiger partial charge in [-0.15, -0.1) is 0 Å². The predicted molar refractivity (Wildman–Crippen MR) is 62.2 cm³/mol. The van der Waals surface area contributed by atoms with Crippen LogP contribution in [0.5, 0.6) is 0 Å². The van der Waals surface area contributed by atoms with E-state index in [0.717, 1.165) is 5.56 Å². The maximum absolute atomic E-state index is 11.6. The number of hydrogen-bond donors (Lipinski definition) is 0. The van der Waals surface area contributed by atoms with Gasteiger partial charge in [0.25, 0.3) is 0 Å². The monoisotopic (exact) mass is 222 g/mol. The molecule has 1 aromatic rings. The third kappa shape index (κ3) is 4.03. The normalized spacial score (nSPS) is 12.1. The highest BCUT2D eigenvalue weighted by molar-refractivity contribution is 5.75. The molecule has 16 heavy (non-hydrogen) atoms. The molecule has 0 bridgehead atoms. The Morgan fingerprint density at radius 3 is 2.44 bits per heavy atom. The molecule has 1 rings (SSSR count). The van der Waals surface area contributed by atoms with E-state index in [1.807, 2.05) is 37.3 Å². The van der Waals surface area contributed by atoms with Crippen LogP contribution in [0.3, 0.4) is 0 Å². The smallest absolute Gasteiger partial charge is 0.335 e. The van der Waals surface area contributed by atoms with Crippen molar-refractivity contribution in [2.75, 3.05) is 13.2 Å². The van der Waals surface area contributed by atoms with Gasteiger partial charge in [-0.3, -0.25) is 0 Å². The Bertz CT molecular complexity index is 308. The number of carbonyl (C=O) groups excluding carboxylic acids is 1. The molecule has 0 radical (unpaired) electrons. The van der Waals surface area contributed by atoms with Crippen LogP contribution in [0, 0.1) is 0 Å². The van der Waals surface area contributed by atoms with E-state index in [9.17, 15) is 4.79 Å². The lowest BCUT2D eigenvalue weighted by Gasteiger charge is -2.15. The van der Waals surface area contributed by atoms with Gasteiger partial charge < -0.3 is 9.47 Å². The van der Waals surface area contributed by atoms with E-state index in [0.29, 0.717) is 19.6 Å². The van der Waals surface area contributed by atoms with Crippen LogP contribution in [-0.2, 0) is 20.7 Å². The van der Waals surface area contributed by atoms with Gasteiger partial charge >= 0.3 is 5.97 Å². The van der Waals surface area contributed by atoms with E-state index in [1.165, 1.54) is 0 Å². The quantitative estimate of drug-likeness (QED) is 0.692. The molecule has 0 aliphatic carbocycles. The molecular formula is C13H18O3. The van der Waals surface area contributed by atoms with Crippen molar-refractivity contribution in [2.24, 2.45) is 0 Å². The van der Waals surface area contributed by atoms with Gasteiger partial charge in [0, 0.05) is 13.0 Å². The first-order valence-electron chi connectivity index (χ1n) is 5.60. The summed E-state index contributed by atoms with van der Waals surface area (Å²) in [4.78, 5) is 11.6. The van der Waals surface area contributed by atoms with Gasteiger partial charge in [0.05, 0.1) is 6.61 Å². The van der Waals surface area contributed by atoms with Crippen molar-refractivity contribution in [3.05, 3.63) is 35.9 Å². The first-order valence-corrected chi connectivity index (χ1v) is 5.60. The highest BCUT2D eigenvalue weighted by Crippen LogP contribution is 2.07. The molecule has 0 aliphatic heterocycles. The summed E-state index contributed by atoms with van der Waals surface area (Å²) in [6.45, 7) is 4.56. The van der Waals surface area contributed by atoms with Crippen LogP contribution in [0.15, 0.2) is 30.3 Å². The lowest BCUT2D eigenvalue weighted by atomic mass is 10.1. The van der Waals surface area contributed by atoms with Crippen molar-refractivity contribution in [1.82, 2.24) is 0 Å². The summed E-state index contributed by atoms with van der Waals surface area (Å²) in [5.74, 6) is -0.284. The highest BCUT2D eigenvalue weighted by atomic mass is 16.6. The van der Waals surface area contributed by atoms with Crippen molar-refractivity contribution in [3.63, 3.8) is 0 Å². The van der Waals surface area contributed by atoms with Gasteiger partial charge in [-0.2, -0.15) is 0 Å². The van der Waals surface area contributed by atoms with E-state index < -0.39 is 6.10 Å². The molecule has 0 heterocycles. The number of esters is 1. The fraction of sp³-hybridized carbons (Fsp3) is 0.462. The molecule has 0 amide bonds. The Morgan fingerprint density at radius 1 is 1.19 bits per heavy atom. The van der Waals surface area contributed by atoms with Gasteiger partial charge in [-0.1, -0.05) is 30.3 Å². The Labute approximate surface area is 96.4 Å². The SMILES string of the molecule is CCOC(=O)[C@H](Cc1ccccc1)OCC. The van der Waals surface area contributed by atoms with E-state index >= 15 is 0 Å². The first-order chi connectivity index (χ1) is 7.77. The van der Waals surface area contributed by atoms with Crippen molar-refractivity contribution >= 4 is 5.97 Å². The second-order valence-corrected chi connectivity index (χ2v) is 3.39. The first kappa shape index (κ1) is 12.7. The number of hydrogen-bond acceptors (Lipinski definition) is 3. The van der Waals surface area contributed by atoms with Crippen molar-refractivity contribution in [2.45, 2.75) is 26.4 Å². The average Bonchev–Trinajstić information content (AvgIpc) is 2.30. The van der Waals surface area contributed by atoms with Crippen molar-refractivity contribution < 1.29 is 14.3 Å². The minimum atomic E-state index is -0.493. The Balaban J connectivity index is 2.60. The summed E-state index contributed by atoms with van der Waals surface area (Å²) in [7, 11) is 0. The molecule has 0 unspecified atom stereocenters. The maximum atomic E-state index is 11.6. The van der Waals surface area contributed by atoms with Crippen LogP contribution < -0.4 is 0 Å². The molecular weight excluding hydrogens is 204 g/mol. The van der Waals surface area contributed by atoms with Gasteiger partial charge in [0.15, 0.2) is 6.10 Å². The molecule has 0 N–H and O–H groups in total. The number of ether oxygens (including phenoxy) is 2. The second-order valence-electron chi connectivity index (χ2n) is 3.39. The van der Waals surface area contributed by atoms with Crippen molar-refractivity contribution in [1.29, 1.82) is 0 Å². The largest absolute Gasteiger partial charge is 0.464 e. The van der Waals surface area contributed by atoms with Gasteiger partial charge in [0.1, 0.15) is 0 Å². The molecule has 88 valence electrons. The van der Waals surface area contributed by atoms with Gasteiger partial charge in [0.2, 0.25) is 0 Å². The van der Waals surface area contributed by atoms with Crippen LogP contribution in [-0.4, -0.2) is 25.3 Å². The predicted octanol–water partition coefficient (Wildman–Crippen LogP) is 2.20. The molecule has 0 saturated carbocycles. The number of rotatable bonds is 6. The molecule has 1 atom stereocenters. The molecule has 0 spiro atoms. The van der Waals surface area contributed by atoms with Crippen LogP contribution in [0.1, 0.15) is 19.4 Å².